The standard InChI is InChI=1S/C18H12Cl3NO2/c1-9-3-5-12(7-10(9)2)22-17(23)15(16(21)18(22)24)13-6-4-11(19)8-14(13)20/h3-8H,1-2H3. The Balaban J connectivity index is 2.09. The molecule has 0 aromatic heterocycles. The fourth-order valence-corrected chi connectivity index (χ4v) is 3.30. The maximum atomic E-state index is 12.8. The molecule has 0 aliphatic carbocycles. The van der Waals surface area contributed by atoms with Crippen LogP contribution in [0.1, 0.15) is 16.7 Å². The van der Waals surface area contributed by atoms with Crippen LogP contribution in [0.3, 0.4) is 0 Å². The predicted molar refractivity (Wildman–Crippen MR) is 97.6 cm³/mol. The highest BCUT2D eigenvalue weighted by molar-refractivity contribution is 6.60. The molecule has 2 amide bonds. The van der Waals surface area contributed by atoms with Crippen molar-refractivity contribution in [2.45, 2.75) is 13.8 Å². The van der Waals surface area contributed by atoms with Crippen LogP contribution in [-0.4, -0.2) is 11.8 Å². The van der Waals surface area contributed by atoms with Crippen molar-refractivity contribution < 1.29 is 9.59 Å². The Hall–Kier alpha value is -1.81. The molecular weight excluding hydrogens is 369 g/mol. The highest BCUT2D eigenvalue weighted by atomic mass is 35.5. The summed E-state index contributed by atoms with van der Waals surface area (Å²) in [6.07, 6.45) is 0. The van der Waals surface area contributed by atoms with Gasteiger partial charge in [0, 0.05) is 10.6 Å². The van der Waals surface area contributed by atoms with Gasteiger partial charge in [-0.05, 0) is 49.2 Å². The van der Waals surface area contributed by atoms with Gasteiger partial charge >= 0.3 is 0 Å². The van der Waals surface area contributed by atoms with Gasteiger partial charge in [-0.2, -0.15) is 0 Å². The van der Waals surface area contributed by atoms with E-state index >= 15 is 0 Å². The minimum Gasteiger partial charge on any atom is -0.268 e. The number of carbonyl (C=O) groups excluding carboxylic acids is 2. The summed E-state index contributed by atoms with van der Waals surface area (Å²) in [5.74, 6) is -1.07. The molecule has 0 saturated carbocycles. The van der Waals surface area contributed by atoms with E-state index in [0.717, 1.165) is 16.0 Å². The number of halogens is 3. The van der Waals surface area contributed by atoms with Gasteiger partial charge in [0.1, 0.15) is 5.03 Å². The number of amides is 2. The number of hydrogen-bond donors (Lipinski definition) is 0. The minimum absolute atomic E-state index is 0.0848. The summed E-state index contributed by atoms with van der Waals surface area (Å²) in [6, 6.07) is 10.0. The van der Waals surface area contributed by atoms with Gasteiger partial charge in [0.05, 0.1) is 16.3 Å². The number of anilines is 1. The lowest BCUT2D eigenvalue weighted by Gasteiger charge is -2.16. The third-order valence-corrected chi connectivity index (χ3v) is 4.87. The van der Waals surface area contributed by atoms with E-state index in [1.165, 1.54) is 6.07 Å². The number of benzene rings is 2. The molecule has 2 aromatic carbocycles. The molecule has 24 heavy (non-hydrogen) atoms. The average Bonchev–Trinajstić information content (AvgIpc) is 2.73. The van der Waals surface area contributed by atoms with Crippen LogP contribution in [0.25, 0.3) is 5.57 Å². The van der Waals surface area contributed by atoms with Gasteiger partial charge < -0.3 is 0 Å². The van der Waals surface area contributed by atoms with E-state index in [1.807, 2.05) is 19.9 Å². The van der Waals surface area contributed by atoms with Gasteiger partial charge in [-0.3, -0.25) is 9.59 Å². The molecule has 0 saturated heterocycles. The zero-order valence-electron chi connectivity index (χ0n) is 12.9. The zero-order chi connectivity index (χ0) is 17.6. The Morgan fingerprint density at radius 2 is 1.54 bits per heavy atom. The third-order valence-electron chi connectivity index (χ3n) is 3.98. The summed E-state index contributed by atoms with van der Waals surface area (Å²) in [5, 5.41) is 0.546. The van der Waals surface area contributed by atoms with Crippen LogP contribution >= 0.6 is 34.8 Å². The summed E-state index contributed by atoms with van der Waals surface area (Å²) >= 11 is 18.2. The van der Waals surface area contributed by atoms with E-state index in [4.69, 9.17) is 34.8 Å². The van der Waals surface area contributed by atoms with E-state index in [9.17, 15) is 9.59 Å². The molecule has 0 atom stereocenters. The third kappa shape index (κ3) is 2.73. The summed E-state index contributed by atoms with van der Waals surface area (Å²) in [7, 11) is 0. The van der Waals surface area contributed by atoms with Gasteiger partial charge in [-0.15, -0.1) is 0 Å². The van der Waals surface area contributed by atoms with Crippen LogP contribution in [0, 0.1) is 13.8 Å². The maximum absolute atomic E-state index is 12.8. The van der Waals surface area contributed by atoms with Crippen molar-refractivity contribution in [1.29, 1.82) is 0 Å². The lowest BCUT2D eigenvalue weighted by molar-refractivity contribution is -0.119. The second-order valence-electron chi connectivity index (χ2n) is 5.53. The number of carbonyl (C=O) groups is 2. The first-order valence-electron chi connectivity index (χ1n) is 7.12. The van der Waals surface area contributed by atoms with Gasteiger partial charge in [-0.25, -0.2) is 4.90 Å². The van der Waals surface area contributed by atoms with E-state index < -0.39 is 11.8 Å². The molecule has 0 fully saturated rings. The Labute approximate surface area is 154 Å². The van der Waals surface area contributed by atoms with Crippen molar-refractivity contribution in [2.24, 2.45) is 0 Å². The summed E-state index contributed by atoms with van der Waals surface area (Å²) < 4.78 is 0. The molecular formula is C18H12Cl3NO2. The number of hydrogen-bond acceptors (Lipinski definition) is 2. The lowest BCUT2D eigenvalue weighted by Crippen LogP contribution is -2.31. The van der Waals surface area contributed by atoms with Crippen LogP contribution in [0.15, 0.2) is 41.4 Å². The maximum Gasteiger partial charge on any atom is 0.277 e. The quantitative estimate of drug-likeness (QED) is 0.677. The fourth-order valence-electron chi connectivity index (χ4n) is 2.53. The topological polar surface area (TPSA) is 37.4 Å². The first kappa shape index (κ1) is 17.0. The lowest BCUT2D eigenvalue weighted by atomic mass is 10.1. The second kappa shape index (κ2) is 6.25. The minimum atomic E-state index is -0.564. The van der Waals surface area contributed by atoms with Crippen molar-refractivity contribution in [2.75, 3.05) is 4.90 Å². The highest BCUT2D eigenvalue weighted by Crippen LogP contribution is 2.38. The number of nitrogens with zero attached hydrogens (tertiary/aromatic N) is 1. The van der Waals surface area contributed by atoms with Crippen LogP contribution in [0.2, 0.25) is 10.0 Å². The van der Waals surface area contributed by atoms with Gasteiger partial charge in [0.2, 0.25) is 0 Å². The molecule has 0 bridgehead atoms. The molecule has 0 spiro atoms. The van der Waals surface area contributed by atoms with Crippen LogP contribution in [-0.2, 0) is 9.59 Å². The first-order chi connectivity index (χ1) is 11.3. The largest absolute Gasteiger partial charge is 0.277 e. The smallest absolute Gasteiger partial charge is 0.268 e. The fraction of sp³-hybridized carbons (Fsp3) is 0.111. The Bertz CT molecular complexity index is 918. The molecule has 0 unspecified atom stereocenters. The zero-order valence-corrected chi connectivity index (χ0v) is 15.1. The SMILES string of the molecule is Cc1ccc(N2C(=O)C(Cl)=C(c3ccc(Cl)cc3Cl)C2=O)cc1C. The predicted octanol–water partition coefficient (Wildman–Crippen LogP) is 5.13. The van der Waals surface area contributed by atoms with Crippen LogP contribution in [0.4, 0.5) is 5.69 Å². The molecule has 6 heteroatoms. The molecule has 1 aliphatic rings. The Morgan fingerprint density at radius 3 is 2.17 bits per heavy atom. The van der Waals surface area contributed by atoms with Crippen LogP contribution < -0.4 is 4.90 Å². The van der Waals surface area contributed by atoms with E-state index in [2.05, 4.69) is 0 Å². The van der Waals surface area contributed by atoms with Crippen molar-refractivity contribution >= 4 is 57.9 Å². The molecule has 0 radical (unpaired) electrons. The van der Waals surface area contributed by atoms with Crippen molar-refractivity contribution in [3.05, 3.63) is 68.2 Å². The van der Waals surface area contributed by atoms with E-state index in [-0.39, 0.29) is 15.6 Å². The van der Waals surface area contributed by atoms with Crippen molar-refractivity contribution in [3.63, 3.8) is 0 Å². The van der Waals surface area contributed by atoms with Gasteiger partial charge in [0.25, 0.3) is 11.8 Å². The Morgan fingerprint density at radius 1 is 0.833 bits per heavy atom. The first-order valence-corrected chi connectivity index (χ1v) is 8.26. The summed E-state index contributed by atoms with van der Waals surface area (Å²) in [4.78, 5) is 26.4. The van der Waals surface area contributed by atoms with Crippen molar-refractivity contribution in [3.8, 4) is 0 Å². The molecule has 0 N–H and O–H groups in total. The van der Waals surface area contributed by atoms with Gasteiger partial charge in [-0.1, -0.05) is 46.9 Å². The normalized spacial score (nSPS) is 14.8. The molecule has 3 rings (SSSR count). The highest BCUT2D eigenvalue weighted by Gasteiger charge is 2.40. The molecule has 3 nitrogen and oxygen atoms in total. The van der Waals surface area contributed by atoms with Crippen LogP contribution in [0.5, 0.6) is 0 Å². The van der Waals surface area contributed by atoms with Gasteiger partial charge in [0.15, 0.2) is 0 Å². The van der Waals surface area contributed by atoms with Crippen molar-refractivity contribution in [1.82, 2.24) is 0 Å². The second-order valence-corrected chi connectivity index (χ2v) is 6.75. The van der Waals surface area contributed by atoms with E-state index in [0.29, 0.717) is 16.3 Å². The summed E-state index contributed by atoms with van der Waals surface area (Å²) in [5.41, 5.74) is 2.99. The molecule has 1 aliphatic heterocycles. The summed E-state index contributed by atoms with van der Waals surface area (Å²) in [6.45, 7) is 3.87. The number of rotatable bonds is 2. The van der Waals surface area contributed by atoms with E-state index in [1.54, 1.807) is 24.3 Å². The molecule has 122 valence electrons. The number of imide groups is 1. The number of aryl methyl sites for hydroxylation is 2. The average molecular weight is 381 g/mol. The monoisotopic (exact) mass is 379 g/mol. The molecule has 1 heterocycles. The molecule has 2 aromatic rings. The Kier molecular flexibility index (Phi) is 4.43.